The van der Waals surface area contributed by atoms with E-state index in [-0.39, 0.29) is 0 Å². The highest BCUT2D eigenvalue weighted by atomic mass is 16.7. The second-order valence-electron chi connectivity index (χ2n) is 5.37. The Kier molecular flexibility index (Phi) is 8.13. The molecule has 1 unspecified atom stereocenters. The number of carboxylic acids is 1. The minimum atomic E-state index is -1.67. The van der Waals surface area contributed by atoms with Gasteiger partial charge in [0.15, 0.2) is 12.4 Å². The van der Waals surface area contributed by atoms with E-state index in [0.29, 0.717) is 6.61 Å². The lowest BCUT2D eigenvalue weighted by atomic mass is 9.99. The second-order valence-corrected chi connectivity index (χ2v) is 5.37. The number of rotatable bonds is 9. The van der Waals surface area contributed by atoms with Crippen LogP contribution >= 0.6 is 0 Å². The van der Waals surface area contributed by atoms with Crippen molar-refractivity contribution >= 4 is 5.97 Å². The van der Waals surface area contributed by atoms with Crippen LogP contribution < -0.4 is 0 Å². The van der Waals surface area contributed by atoms with Crippen LogP contribution in [0.3, 0.4) is 0 Å². The SMILES string of the molecule is CCCCCCCCOC1O[C@H](C(=O)O)[C@@H](O)[C@H](O)[C@H]1O. The van der Waals surface area contributed by atoms with E-state index in [0.717, 1.165) is 19.3 Å². The van der Waals surface area contributed by atoms with E-state index in [9.17, 15) is 20.1 Å². The Labute approximate surface area is 124 Å². The Bertz CT molecular complexity index is 310. The highest BCUT2D eigenvalue weighted by molar-refractivity contribution is 5.73. The molecule has 0 spiro atoms. The van der Waals surface area contributed by atoms with E-state index in [4.69, 9.17) is 14.6 Å². The van der Waals surface area contributed by atoms with Crippen LogP contribution in [0.15, 0.2) is 0 Å². The van der Waals surface area contributed by atoms with Gasteiger partial charge in [0, 0.05) is 6.61 Å². The molecule has 7 nitrogen and oxygen atoms in total. The molecule has 124 valence electrons. The quantitative estimate of drug-likeness (QED) is 0.451. The van der Waals surface area contributed by atoms with Crippen LogP contribution in [-0.2, 0) is 14.3 Å². The first-order valence-corrected chi connectivity index (χ1v) is 7.53. The maximum atomic E-state index is 10.9. The van der Waals surface area contributed by atoms with Gasteiger partial charge in [-0.2, -0.15) is 0 Å². The first kappa shape index (κ1) is 18.3. The maximum Gasteiger partial charge on any atom is 0.335 e. The van der Waals surface area contributed by atoms with Crippen LogP contribution in [-0.4, -0.2) is 63.7 Å². The lowest BCUT2D eigenvalue weighted by Gasteiger charge is -2.38. The number of aliphatic carboxylic acids is 1. The van der Waals surface area contributed by atoms with Crippen LogP contribution in [0.25, 0.3) is 0 Å². The molecule has 1 heterocycles. The third-order valence-electron chi connectivity index (χ3n) is 3.59. The van der Waals surface area contributed by atoms with Gasteiger partial charge in [0.25, 0.3) is 0 Å². The fraction of sp³-hybridized carbons (Fsp3) is 0.929. The minimum absolute atomic E-state index is 0.309. The maximum absolute atomic E-state index is 10.9. The molecular formula is C14H26O7. The van der Waals surface area contributed by atoms with E-state index in [1.807, 2.05) is 0 Å². The Morgan fingerprint density at radius 2 is 1.62 bits per heavy atom. The van der Waals surface area contributed by atoms with E-state index in [1.54, 1.807) is 0 Å². The zero-order chi connectivity index (χ0) is 15.8. The average molecular weight is 306 g/mol. The third-order valence-corrected chi connectivity index (χ3v) is 3.59. The largest absolute Gasteiger partial charge is 0.479 e. The smallest absolute Gasteiger partial charge is 0.335 e. The topological polar surface area (TPSA) is 116 Å². The molecule has 0 saturated carbocycles. The molecule has 1 saturated heterocycles. The summed E-state index contributed by atoms with van der Waals surface area (Å²) in [5, 5.41) is 37.7. The first-order chi connectivity index (χ1) is 9.99. The number of carbonyl (C=O) groups is 1. The molecule has 1 aliphatic heterocycles. The number of aliphatic hydroxyl groups excluding tert-OH is 3. The first-order valence-electron chi connectivity index (χ1n) is 7.53. The fourth-order valence-electron chi connectivity index (χ4n) is 2.27. The number of aliphatic hydroxyl groups is 3. The number of unbranched alkanes of at least 4 members (excludes halogenated alkanes) is 5. The number of ether oxygens (including phenoxy) is 2. The van der Waals surface area contributed by atoms with E-state index >= 15 is 0 Å². The summed E-state index contributed by atoms with van der Waals surface area (Å²) in [6.45, 7) is 2.45. The molecule has 4 N–H and O–H groups in total. The van der Waals surface area contributed by atoms with Crippen molar-refractivity contribution in [3.05, 3.63) is 0 Å². The number of carboxylic acid groups (broad SMARTS) is 1. The summed E-state index contributed by atoms with van der Waals surface area (Å²) in [5.74, 6) is -1.40. The highest BCUT2D eigenvalue weighted by Crippen LogP contribution is 2.22. The van der Waals surface area contributed by atoms with Crippen LogP contribution in [0.4, 0.5) is 0 Å². The monoisotopic (exact) mass is 306 g/mol. The molecular weight excluding hydrogens is 280 g/mol. The lowest BCUT2D eigenvalue weighted by Crippen LogP contribution is -2.60. The van der Waals surface area contributed by atoms with Gasteiger partial charge < -0.3 is 29.9 Å². The zero-order valence-electron chi connectivity index (χ0n) is 12.4. The normalized spacial score (nSPS) is 33.0. The van der Waals surface area contributed by atoms with E-state index in [2.05, 4.69) is 6.92 Å². The van der Waals surface area contributed by atoms with Crippen molar-refractivity contribution in [2.24, 2.45) is 0 Å². The van der Waals surface area contributed by atoms with Crippen LogP contribution in [0.1, 0.15) is 45.4 Å². The molecule has 5 atom stereocenters. The minimum Gasteiger partial charge on any atom is -0.479 e. The average Bonchev–Trinajstić information content (AvgIpc) is 2.45. The van der Waals surface area contributed by atoms with Gasteiger partial charge in [0.05, 0.1) is 0 Å². The molecule has 0 aromatic heterocycles. The molecule has 1 fully saturated rings. The van der Waals surface area contributed by atoms with Crippen molar-refractivity contribution in [3.8, 4) is 0 Å². The van der Waals surface area contributed by atoms with Crippen molar-refractivity contribution in [2.45, 2.75) is 76.2 Å². The van der Waals surface area contributed by atoms with E-state index in [1.165, 1.54) is 19.3 Å². The Morgan fingerprint density at radius 3 is 2.24 bits per heavy atom. The summed E-state index contributed by atoms with van der Waals surface area (Å²) in [6, 6.07) is 0. The second kappa shape index (κ2) is 9.32. The summed E-state index contributed by atoms with van der Waals surface area (Å²) in [7, 11) is 0. The van der Waals surface area contributed by atoms with Crippen molar-refractivity contribution in [1.29, 1.82) is 0 Å². The molecule has 0 aromatic rings. The molecule has 0 amide bonds. The molecule has 1 rings (SSSR count). The summed E-state index contributed by atoms with van der Waals surface area (Å²) in [4.78, 5) is 10.9. The molecule has 0 bridgehead atoms. The summed E-state index contributed by atoms with van der Waals surface area (Å²) in [6.07, 6.45) is -1.17. The summed E-state index contributed by atoms with van der Waals surface area (Å²) >= 11 is 0. The predicted octanol–water partition coefficient (Wildman–Crippen LogP) is 0.256. The van der Waals surface area contributed by atoms with Crippen LogP contribution in [0, 0.1) is 0 Å². The van der Waals surface area contributed by atoms with Crippen LogP contribution in [0.2, 0.25) is 0 Å². The lowest BCUT2D eigenvalue weighted by molar-refractivity contribution is -0.294. The molecule has 1 aliphatic rings. The van der Waals surface area contributed by atoms with Gasteiger partial charge in [-0.05, 0) is 6.42 Å². The Balaban J connectivity index is 2.31. The van der Waals surface area contributed by atoms with Gasteiger partial charge in [-0.25, -0.2) is 4.79 Å². The third kappa shape index (κ3) is 5.52. The molecule has 0 radical (unpaired) electrons. The zero-order valence-corrected chi connectivity index (χ0v) is 12.4. The molecule has 0 aromatic carbocycles. The van der Waals surface area contributed by atoms with E-state index < -0.39 is 36.7 Å². The molecule has 0 aliphatic carbocycles. The van der Waals surface area contributed by atoms with Crippen molar-refractivity contribution in [1.82, 2.24) is 0 Å². The number of hydrogen-bond donors (Lipinski definition) is 4. The fourth-order valence-corrected chi connectivity index (χ4v) is 2.27. The van der Waals surface area contributed by atoms with Gasteiger partial charge in [-0.15, -0.1) is 0 Å². The van der Waals surface area contributed by atoms with Crippen molar-refractivity contribution in [2.75, 3.05) is 6.61 Å². The predicted molar refractivity (Wildman–Crippen MR) is 73.6 cm³/mol. The van der Waals surface area contributed by atoms with Gasteiger partial charge in [0.1, 0.15) is 18.3 Å². The van der Waals surface area contributed by atoms with Gasteiger partial charge in [-0.1, -0.05) is 39.0 Å². The standard InChI is InChI=1S/C14H26O7/c1-2-3-4-5-6-7-8-20-14-11(17)9(15)10(16)12(21-14)13(18)19/h9-12,14-17H,2-8H2,1H3,(H,18,19)/t9-,10-,11+,12-,14?/m0/s1. The highest BCUT2D eigenvalue weighted by Gasteiger charge is 2.47. The summed E-state index contributed by atoms with van der Waals surface area (Å²) in [5.41, 5.74) is 0. The van der Waals surface area contributed by atoms with Gasteiger partial charge in [0.2, 0.25) is 0 Å². The van der Waals surface area contributed by atoms with Crippen molar-refractivity contribution in [3.63, 3.8) is 0 Å². The van der Waals surface area contributed by atoms with Crippen LogP contribution in [0.5, 0.6) is 0 Å². The Hall–Kier alpha value is -0.730. The summed E-state index contributed by atoms with van der Waals surface area (Å²) < 4.78 is 10.3. The van der Waals surface area contributed by atoms with Crippen molar-refractivity contribution < 1.29 is 34.7 Å². The number of hydrogen-bond acceptors (Lipinski definition) is 6. The Morgan fingerprint density at radius 1 is 1.00 bits per heavy atom. The molecule has 7 heteroatoms. The molecule has 21 heavy (non-hydrogen) atoms. The van der Waals surface area contributed by atoms with Gasteiger partial charge in [-0.3, -0.25) is 0 Å². The van der Waals surface area contributed by atoms with Gasteiger partial charge >= 0.3 is 5.97 Å².